The fraction of sp³-hybridized carbons (Fsp3) is 0.400. The van der Waals surface area contributed by atoms with Crippen LogP contribution in [0.1, 0.15) is 30.4 Å². The van der Waals surface area contributed by atoms with Crippen LogP contribution in [0.5, 0.6) is 0 Å². The maximum Gasteiger partial charge on any atom is 0.183 e. The van der Waals surface area contributed by atoms with Gasteiger partial charge in [-0.15, -0.1) is 0 Å². The minimum absolute atomic E-state index is 0.0872. The first-order chi connectivity index (χ1) is 11.1. The van der Waals surface area contributed by atoms with Crippen LogP contribution in [0.2, 0.25) is 0 Å². The third kappa shape index (κ3) is 3.47. The summed E-state index contributed by atoms with van der Waals surface area (Å²) < 4.78 is 12.2. The van der Waals surface area contributed by atoms with Crippen molar-refractivity contribution in [3.63, 3.8) is 0 Å². The van der Waals surface area contributed by atoms with Crippen LogP contribution in [0, 0.1) is 5.41 Å². The smallest absolute Gasteiger partial charge is 0.183 e. The quantitative estimate of drug-likeness (QED) is 0.850. The van der Waals surface area contributed by atoms with Gasteiger partial charge in [-0.05, 0) is 19.7 Å². The number of rotatable bonds is 4. The van der Waals surface area contributed by atoms with Gasteiger partial charge in [-0.3, -0.25) is 0 Å². The number of nitrogens with zero attached hydrogens (tertiary/aromatic N) is 1. The molecule has 2 aromatic carbocycles. The largest absolute Gasteiger partial charge is 0.348 e. The molecule has 0 radical (unpaired) electrons. The van der Waals surface area contributed by atoms with Crippen molar-refractivity contribution in [1.29, 1.82) is 0 Å². The van der Waals surface area contributed by atoms with Crippen LogP contribution in [0.3, 0.4) is 0 Å². The van der Waals surface area contributed by atoms with Crippen LogP contribution < -0.4 is 0 Å². The SMILES string of the molecule is CN(C)C(c1ccccc1)C1(C)COC(c2ccccc2)OC1. The van der Waals surface area contributed by atoms with Gasteiger partial charge in [0.05, 0.1) is 13.2 Å². The van der Waals surface area contributed by atoms with E-state index in [2.05, 4.69) is 56.3 Å². The van der Waals surface area contributed by atoms with Crippen molar-refractivity contribution in [2.24, 2.45) is 5.41 Å². The minimum atomic E-state index is -0.261. The van der Waals surface area contributed by atoms with Crippen molar-refractivity contribution in [3.8, 4) is 0 Å². The highest BCUT2D eigenvalue weighted by molar-refractivity contribution is 5.22. The summed E-state index contributed by atoms with van der Waals surface area (Å²) in [6, 6.07) is 21.0. The normalized spacial score (nSPS) is 26.2. The average molecular weight is 311 g/mol. The highest BCUT2D eigenvalue weighted by Gasteiger charge is 2.41. The first-order valence-corrected chi connectivity index (χ1v) is 8.10. The van der Waals surface area contributed by atoms with Crippen molar-refractivity contribution in [2.75, 3.05) is 27.3 Å². The van der Waals surface area contributed by atoms with Crippen molar-refractivity contribution >= 4 is 0 Å². The molecule has 0 N–H and O–H groups in total. The molecule has 0 bridgehead atoms. The Morgan fingerprint density at radius 3 is 1.96 bits per heavy atom. The summed E-state index contributed by atoms with van der Waals surface area (Å²) in [7, 11) is 4.23. The predicted molar refractivity (Wildman–Crippen MR) is 92.1 cm³/mol. The van der Waals surface area contributed by atoms with E-state index in [0.29, 0.717) is 13.2 Å². The van der Waals surface area contributed by atoms with Crippen molar-refractivity contribution in [2.45, 2.75) is 19.3 Å². The molecule has 1 unspecified atom stereocenters. The highest BCUT2D eigenvalue weighted by atomic mass is 16.7. The summed E-state index contributed by atoms with van der Waals surface area (Å²) in [4.78, 5) is 2.25. The molecule has 1 atom stereocenters. The van der Waals surface area contributed by atoms with Gasteiger partial charge in [0, 0.05) is 17.0 Å². The lowest BCUT2D eigenvalue weighted by Crippen LogP contribution is -2.45. The summed E-state index contributed by atoms with van der Waals surface area (Å²) in [5.74, 6) is 0. The van der Waals surface area contributed by atoms with Gasteiger partial charge in [-0.2, -0.15) is 0 Å². The Hall–Kier alpha value is -1.68. The molecule has 1 saturated heterocycles. The minimum Gasteiger partial charge on any atom is -0.348 e. The third-order valence-electron chi connectivity index (χ3n) is 4.49. The summed E-state index contributed by atoms with van der Waals surface area (Å²) in [5.41, 5.74) is 2.29. The predicted octanol–water partition coefficient (Wildman–Crippen LogP) is 4.04. The summed E-state index contributed by atoms with van der Waals surface area (Å²) in [5, 5.41) is 0. The lowest BCUT2D eigenvalue weighted by atomic mass is 9.78. The second-order valence-corrected chi connectivity index (χ2v) is 6.80. The summed E-state index contributed by atoms with van der Waals surface area (Å²) in [6.07, 6.45) is -0.261. The van der Waals surface area contributed by atoms with E-state index in [4.69, 9.17) is 9.47 Å². The van der Waals surface area contributed by atoms with Crippen LogP contribution in [0.25, 0.3) is 0 Å². The lowest BCUT2D eigenvalue weighted by molar-refractivity contribution is -0.242. The Morgan fingerprint density at radius 1 is 0.913 bits per heavy atom. The Kier molecular flexibility index (Phi) is 4.81. The number of benzene rings is 2. The van der Waals surface area contributed by atoms with E-state index in [0.717, 1.165) is 5.56 Å². The molecule has 2 aromatic rings. The fourth-order valence-corrected chi connectivity index (χ4v) is 3.54. The maximum atomic E-state index is 6.08. The molecule has 3 heteroatoms. The van der Waals surface area contributed by atoms with Crippen LogP contribution in [-0.4, -0.2) is 32.2 Å². The molecule has 3 rings (SSSR count). The van der Waals surface area contributed by atoms with E-state index >= 15 is 0 Å². The van der Waals surface area contributed by atoms with Gasteiger partial charge < -0.3 is 14.4 Å². The molecule has 0 spiro atoms. The molecule has 1 fully saturated rings. The van der Waals surface area contributed by atoms with E-state index in [1.54, 1.807) is 0 Å². The van der Waals surface area contributed by atoms with Gasteiger partial charge in [0.2, 0.25) is 0 Å². The van der Waals surface area contributed by atoms with Crippen molar-refractivity contribution in [3.05, 3.63) is 71.8 Å². The van der Waals surface area contributed by atoms with E-state index in [9.17, 15) is 0 Å². The van der Waals surface area contributed by atoms with E-state index in [1.165, 1.54) is 5.56 Å². The molecule has 3 nitrogen and oxygen atoms in total. The second kappa shape index (κ2) is 6.83. The second-order valence-electron chi connectivity index (χ2n) is 6.80. The highest BCUT2D eigenvalue weighted by Crippen LogP contribution is 2.42. The standard InChI is InChI=1S/C20H25NO2/c1-20(18(21(2)3)16-10-6-4-7-11-16)14-22-19(23-15-20)17-12-8-5-9-13-17/h4-13,18-19H,14-15H2,1-3H3. The fourth-order valence-electron chi connectivity index (χ4n) is 3.54. The van der Waals surface area contributed by atoms with Crippen LogP contribution in [0.4, 0.5) is 0 Å². The molecule has 1 heterocycles. The molecule has 0 aliphatic carbocycles. The van der Waals surface area contributed by atoms with Gasteiger partial charge in [0.25, 0.3) is 0 Å². The molecule has 1 aliphatic rings. The zero-order valence-corrected chi connectivity index (χ0v) is 14.1. The van der Waals surface area contributed by atoms with Gasteiger partial charge >= 0.3 is 0 Å². The third-order valence-corrected chi connectivity index (χ3v) is 4.49. The Bertz CT molecular complexity index is 604. The topological polar surface area (TPSA) is 21.7 Å². The zero-order chi connectivity index (χ0) is 16.3. The molecule has 1 aliphatic heterocycles. The molecular weight excluding hydrogens is 286 g/mol. The summed E-state index contributed by atoms with van der Waals surface area (Å²) >= 11 is 0. The van der Waals surface area contributed by atoms with E-state index in [1.807, 2.05) is 30.3 Å². The average Bonchev–Trinajstić information content (AvgIpc) is 2.57. The first kappa shape index (κ1) is 16.2. The summed E-state index contributed by atoms with van der Waals surface area (Å²) in [6.45, 7) is 3.58. The van der Waals surface area contributed by atoms with E-state index in [-0.39, 0.29) is 17.7 Å². The Morgan fingerprint density at radius 2 is 1.43 bits per heavy atom. The number of ether oxygens (including phenoxy) is 2. The van der Waals surface area contributed by atoms with Gasteiger partial charge in [-0.1, -0.05) is 67.6 Å². The van der Waals surface area contributed by atoms with Crippen LogP contribution in [0.15, 0.2) is 60.7 Å². The monoisotopic (exact) mass is 311 g/mol. The van der Waals surface area contributed by atoms with Crippen molar-refractivity contribution in [1.82, 2.24) is 4.90 Å². The molecular formula is C20H25NO2. The first-order valence-electron chi connectivity index (χ1n) is 8.10. The molecule has 23 heavy (non-hydrogen) atoms. The maximum absolute atomic E-state index is 6.08. The van der Waals surface area contributed by atoms with Crippen molar-refractivity contribution < 1.29 is 9.47 Å². The van der Waals surface area contributed by atoms with Gasteiger partial charge in [0.1, 0.15) is 0 Å². The van der Waals surface area contributed by atoms with Crippen LogP contribution in [-0.2, 0) is 9.47 Å². The lowest BCUT2D eigenvalue weighted by Gasteiger charge is -2.45. The molecule has 0 amide bonds. The van der Waals surface area contributed by atoms with Gasteiger partial charge in [-0.25, -0.2) is 0 Å². The molecule has 122 valence electrons. The Labute approximate surface area is 138 Å². The number of hydrogen-bond donors (Lipinski definition) is 0. The van der Waals surface area contributed by atoms with E-state index < -0.39 is 0 Å². The zero-order valence-electron chi connectivity index (χ0n) is 14.1. The molecule has 0 saturated carbocycles. The number of hydrogen-bond acceptors (Lipinski definition) is 3. The van der Waals surface area contributed by atoms with Gasteiger partial charge in [0.15, 0.2) is 6.29 Å². The Balaban J connectivity index is 1.77. The van der Waals surface area contributed by atoms with Crippen LogP contribution >= 0.6 is 0 Å². The molecule has 0 aromatic heterocycles.